The van der Waals surface area contributed by atoms with E-state index in [9.17, 15) is 29.4 Å². The highest BCUT2D eigenvalue weighted by molar-refractivity contribution is 5.99. The van der Waals surface area contributed by atoms with Crippen LogP contribution in [0.4, 0.5) is 0 Å². The van der Waals surface area contributed by atoms with Crippen LogP contribution in [0.3, 0.4) is 0 Å². The van der Waals surface area contributed by atoms with E-state index < -0.39 is 35.0 Å². The van der Waals surface area contributed by atoms with Gasteiger partial charge in [-0.25, -0.2) is 19.2 Å². The molecule has 2 aromatic carbocycles. The van der Waals surface area contributed by atoms with Gasteiger partial charge in [-0.15, -0.1) is 0 Å². The molecule has 26 heavy (non-hydrogen) atoms. The first kappa shape index (κ1) is 17.0. The number of fused-ring (bicyclic) bond motifs is 2. The van der Waals surface area contributed by atoms with Crippen molar-refractivity contribution in [2.45, 2.75) is 6.42 Å². The molecule has 1 aliphatic rings. The smallest absolute Gasteiger partial charge is 0.339 e. The fourth-order valence-electron chi connectivity index (χ4n) is 2.75. The summed E-state index contributed by atoms with van der Waals surface area (Å²) in [7, 11) is 0. The molecule has 0 saturated carbocycles. The average Bonchev–Trinajstić information content (AvgIpc) is 2.57. The fourth-order valence-corrected chi connectivity index (χ4v) is 2.75. The maximum Gasteiger partial charge on any atom is 0.339 e. The first-order valence-corrected chi connectivity index (χ1v) is 7.14. The number of rotatable bonds is 4. The maximum atomic E-state index is 11.5. The van der Waals surface area contributed by atoms with Crippen LogP contribution in [0.1, 0.15) is 52.6 Å². The van der Waals surface area contributed by atoms with Crippen LogP contribution >= 0.6 is 0 Å². The molecule has 9 nitrogen and oxygen atoms in total. The molecule has 9 heteroatoms. The Labute approximate surface area is 144 Å². The third-order valence-electron chi connectivity index (χ3n) is 3.87. The van der Waals surface area contributed by atoms with Crippen LogP contribution in [-0.2, 0) is 6.42 Å². The predicted molar refractivity (Wildman–Crippen MR) is 83.6 cm³/mol. The third kappa shape index (κ3) is 2.71. The molecule has 0 spiro atoms. The zero-order chi connectivity index (χ0) is 19.2. The van der Waals surface area contributed by atoms with Crippen molar-refractivity contribution >= 4 is 23.9 Å². The van der Waals surface area contributed by atoms with E-state index in [-0.39, 0.29) is 40.2 Å². The minimum absolute atomic E-state index is 0.0759. The molecule has 0 radical (unpaired) electrons. The topological polar surface area (TPSA) is 158 Å². The number of carboxylic acid groups (broad SMARTS) is 4. The number of carboxylic acids is 4. The largest absolute Gasteiger partial charge is 0.478 e. The number of ether oxygens (including phenoxy) is 1. The molecule has 1 heterocycles. The number of carbonyl (C=O) groups is 4. The van der Waals surface area contributed by atoms with Crippen molar-refractivity contribution in [1.29, 1.82) is 0 Å². The zero-order valence-electron chi connectivity index (χ0n) is 12.8. The Morgan fingerprint density at radius 3 is 1.35 bits per heavy atom. The lowest BCUT2D eigenvalue weighted by Crippen LogP contribution is -2.15. The summed E-state index contributed by atoms with van der Waals surface area (Å²) in [4.78, 5) is 45.3. The van der Waals surface area contributed by atoms with Gasteiger partial charge in [-0.2, -0.15) is 0 Å². The van der Waals surface area contributed by atoms with Gasteiger partial charge in [0.2, 0.25) is 0 Å². The van der Waals surface area contributed by atoms with E-state index in [2.05, 4.69) is 0 Å². The molecule has 132 valence electrons. The van der Waals surface area contributed by atoms with Gasteiger partial charge in [-0.1, -0.05) is 0 Å². The van der Waals surface area contributed by atoms with E-state index in [1.807, 2.05) is 0 Å². The standard InChI is InChI=1S/C17H10O9/c18-14(19)8-2-6-1-7-3-9(15(20)21)5-11(17(24)25)13(7)26-12(6)10(4-8)16(22)23/h2-5H,1H2,(H,18,19)(H,20,21)(H,22,23)(H,24,25). The Morgan fingerprint density at radius 1 is 0.654 bits per heavy atom. The molecule has 3 rings (SSSR count). The molecule has 0 aliphatic carbocycles. The van der Waals surface area contributed by atoms with Gasteiger partial charge >= 0.3 is 23.9 Å². The third-order valence-corrected chi connectivity index (χ3v) is 3.87. The van der Waals surface area contributed by atoms with Crippen molar-refractivity contribution in [1.82, 2.24) is 0 Å². The molecule has 4 N–H and O–H groups in total. The van der Waals surface area contributed by atoms with Gasteiger partial charge in [-0.3, -0.25) is 0 Å². The van der Waals surface area contributed by atoms with Crippen LogP contribution in [0.25, 0.3) is 0 Å². The van der Waals surface area contributed by atoms with Crippen molar-refractivity contribution in [2.75, 3.05) is 0 Å². The highest BCUT2D eigenvalue weighted by Crippen LogP contribution is 2.42. The highest BCUT2D eigenvalue weighted by atomic mass is 16.5. The molecular weight excluding hydrogens is 348 g/mol. The lowest BCUT2D eigenvalue weighted by atomic mass is 9.92. The van der Waals surface area contributed by atoms with Gasteiger partial charge in [-0.05, 0) is 24.3 Å². The van der Waals surface area contributed by atoms with Crippen LogP contribution in [0.15, 0.2) is 24.3 Å². The summed E-state index contributed by atoms with van der Waals surface area (Å²) in [5.74, 6) is -5.89. The first-order chi connectivity index (χ1) is 12.2. The molecular formula is C17H10O9. The average molecular weight is 358 g/mol. The first-order valence-electron chi connectivity index (χ1n) is 7.14. The van der Waals surface area contributed by atoms with Gasteiger partial charge in [0.15, 0.2) is 0 Å². The Bertz CT molecular complexity index is 924. The van der Waals surface area contributed by atoms with Crippen LogP contribution < -0.4 is 4.74 Å². The van der Waals surface area contributed by atoms with Crippen LogP contribution in [0.2, 0.25) is 0 Å². The monoisotopic (exact) mass is 358 g/mol. The summed E-state index contributed by atoms with van der Waals surface area (Å²) in [6.45, 7) is 0. The Balaban J connectivity index is 2.25. The van der Waals surface area contributed by atoms with Gasteiger partial charge in [0.05, 0.1) is 11.1 Å². The lowest BCUT2D eigenvalue weighted by Gasteiger charge is -2.24. The quantitative estimate of drug-likeness (QED) is 0.548. The van der Waals surface area contributed by atoms with E-state index in [1.54, 1.807) is 0 Å². The van der Waals surface area contributed by atoms with Gasteiger partial charge in [0, 0.05) is 17.5 Å². The fraction of sp³-hybridized carbons (Fsp3) is 0.0588. The Hall–Kier alpha value is -3.88. The summed E-state index contributed by atoms with van der Waals surface area (Å²) in [5, 5.41) is 36.9. The number of hydrogen-bond acceptors (Lipinski definition) is 5. The number of benzene rings is 2. The van der Waals surface area contributed by atoms with Crippen molar-refractivity contribution in [2.24, 2.45) is 0 Å². The Kier molecular flexibility index (Phi) is 3.84. The maximum absolute atomic E-state index is 11.5. The van der Waals surface area contributed by atoms with Gasteiger partial charge < -0.3 is 25.2 Å². The van der Waals surface area contributed by atoms with Crippen molar-refractivity contribution in [3.8, 4) is 11.5 Å². The number of hydrogen-bond donors (Lipinski definition) is 4. The van der Waals surface area contributed by atoms with Crippen LogP contribution in [0.5, 0.6) is 11.5 Å². The van der Waals surface area contributed by atoms with Gasteiger partial charge in [0.1, 0.15) is 22.6 Å². The normalized spacial score (nSPS) is 11.7. The lowest BCUT2D eigenvalue weighted by molar-refractivity contribution is 0.0677. The SMILES string of the molecule is O=C(O)c1cc2c(c(C(=O)O)c1)Oc1c(cc(C(=O)O)cc1C(=O)O)C2. The molecule has 0 bridgehead atoms. The molecule has 2 aromatic rings. The molecule has 0 unspecified atom stereocenters. The van der Waals surface area contributed by atoms with Gasteiger partial charge in [0.25, 0.3) is 0 Å². The second-order valence-corrected chi connectivity index (χ2v) is 5.52. The predicted octanol–water partition coefficient (Wildman–Crippen LogP) is 2.18. The second-order valence-electron chi connectivity index (χ2n) is 5.52. The number of aromatic carboxylic acids is 4. The molecule has 0 fully saturated rings. The molecule has 0 saturated heterocycles. The molecule has 0 atom stereocenters. The van der Waals surface area contributed by atoms with Crippen molar-refractivity contribution in [3.63, 3.8) is 0 Å². The summed E-state index contributed by atoms with van der Waals surface area (Å²) < 4.78 is 5.48. The summed E-state index contributed by atoms with van der Waals surface area (Å²) in [5.41, 5.74) is -1.00. The van der Waals surface area contributed by atoms with Crippen LogP contribution in [0, 0.1) is 0 Å². The minimum Gasteiger partial charge on any atom is -0.478 e. The second kappa shape index (κ2) is 5.88. The molecule has 0 amide bonds. The Morgan fingerprint density at radius 2 is 1.04 bits per heavy atom. The van der Waals surface area contributed by atoms with E-state index in [1.165, 1.54) is 12.1 Å². The summed E-state index contributed by atoms with van der Waals surface area (Å²) >= 11 is 0. The highest BCUT2D eigenvalue weighted by Gasteiger charge is 2.29. The van der Waals surface area contributed by atoms with E-state index in [0.29, 0.717) is 0 Å². The molecule has 1 aliphatic heterocycles. The van der Waals surface area contributed by atoms with Crippen molar-refractivity contribution < 1.29 is 44.3 Å². The summed E-state index contributed by atoms with van der Waals surface area (Å²) in [6, 6.07) is 4.25. The van der Waals surface area contributed by atoms with E-state index >= 15 is 0 Å². The van der Waals surface area contributed by atoms with E-state index in [0.717, 1.165) is 12.1 Å². The summed E-state index contributed by atoms with van der Waals surface area (Å²) in [6.07, 6.45) is -0.0759. The van der Waals surface area contributed by atoms with E-state index in [4.69, 9.17) is 14.9 Å². The van der Waals surface area contributed by atoms with Crippen LogP contribution in [-0.4, -0.2) is 44.3 Å². The van der Waals surface area contributed by atoms with Crippen molar-refractivity contribution in [3.05, 3.63) is 57.6 Å². The minimum atomic E-state index is -1.44. The zero-order valence-corrected chi connectivity index (χ0v) is 12.8. The molecule has 0 aromatic heterocycles.